The Labute approximate surface area is 217 Å². The Morgan fingerprint density at radius 2 is 1.89 bits per heavy atom. The monoisotopic (exact) mass is 505 g/mol. The van der Waals surface area contributed by atoms with Crippen molar-refractivity contribution in [1.29, 1.82) is 0 Å². The molecular formula is C30H35NO6. The zero-order chi connectivity index (χ0) is 26.9. The smallest absolute Gasteiger partial charge is 0.302 e. The van der Waals surface area contributed by atoms with Gasteiger partial charge in [0.15, 0.2) is 11.4 Å². The van der Waals surface area contributed by atoms with Crippen LogP contribution in [-0.4, -0.2) is 51.7 Å². The highest BCUT2D eigenvalue weighted by Gasteiger charge is 2.71. The number of allylic oxidation sites excluding steroid dienone is 3. The molecule has 3 aliphatic carbocycles. The quantitative estimate of drug-likeness (QED) is 0.543. The number of aliphatic hydroxyl groups is 2. The van der Waals surface area contributed by atoms with Gasteiger partial charge in [-0.15, -0.1) is 0 Å². The van der Waals surface area contributed by atoms with Crippen LogP contribution in [0.5, 0.6) is 0 Å². The fourth-order valence-electron chi connectivity index (χ4n) is 7.62. The number of amides is 1. The van der Waals surface area contributed by atoms with Crippen LogP contribution in [0.3, 0.4) is 0 Å². The number of nitrogens with one attached hydrogen (secondary N) is 1. The highest BCUT2D eigenvalue weighted by molar-refractivity contribution is 5.94. The van der Waals surface area contributed by atoms with E-state index in [0.717, 1.165) is 22.3 Å². The molecule has 0 aromatic heterocycles. The predicted octanol–water partition coefficient (Wildman–Crippen LogP) is 2.67. The molecule has 7 heteroatoms. The molecule has 4 aliphatic rings. The SMILES string of the molecule is C=C1C(C)=CC2=C[C@@H]3C[C@H](C)[C@@](O)(C(C)=O)[C@H](O)[C@H]3[C@@H](OC(C)=O)[C@]23C(=O)N[C@@H](Cc2ccccc2)[C@H]13. The van der Waals surface area contributed by atoms with Crippen LogP contribution >= 0.6 is 0 Å². The molecule has 2 fully saturated rings. The normalized spacial score (nSPS) is 40.4. The third kappa shape index (κ3) is 3.51. The third-order valence-electron chi connectivity index (χ3n) is 9.35. The lowest BCUT2D eigenvalue weighted by atomic mass is 9.48. The van der Waals surface area contributed by atoms with Gasteiger partial charge in [-0.05, 0) is 60.8 Å². The molecule has 0 bridgehead atoms. The Morgan fingerprint density at radius 3 is 2.51 bits per heavy atom. The molecule has 1 aromatic carbocycles. The van der Waals surface area contributed by atoms with E-state index in [2.05, 4.69) is 11.9 Å². The van der Waals surface area contributed by atoms with Gasteiger partial charge in [-0.2, -0.15) is 0 Å². The van der Waals surface area contributed by atoms with Crippen LogP contribution in [0.2, 0.25) is 0 Å². The van der Waals surface area contributed by atoms with Gasteiger partial charge in [0, 0.05) is 24.8 Å². The molecule has 1 spiro atoms. The number of ether oxygens (including phenoxy) is 1. The molecule has 1 saturated carbocycles. The van der Waals surface area contributed by atoms with Crippen molar-refractivity contribution in [3.8, 4) is 0 Å². The topological polar surface area (TPSA) is 113 Å². The van der Waals surface area contributed by atoms with E-state index in [0.29, 0.717) is 12.8 Å². The number of rotatable bonds is 4. The Hall–Kier alpha value is -3.03. The van der Waals surface area contributed by atoms with Crippen molar-refractivity contribution < 1.29 is 29.3 Å². The molecule has 1 aromatic rings. The summed E-state index contributed by atoms with van der Waals surface area (Å²) in [6, 6.07) is 9.51. The van der Waals surface area contributed by atoms with E-state index in [1.54, 1.807) is 6.92 Å². The zero-order valence-corrected chi connectivity index (χ0v) is 21.7. The van der Waals surface area contributed by atoms with Gasteiger partial charge in [-0.1, -0.05) is 56.0 Å². The number of carbonyl (C=O) groups is 3. The molecular weight excluding hydrogens is 470 g/mol. The van der Waals surface area contributed by atoms with Gasteiger partial charge in [0.2, 0.25) is 5.91 Å². The molecule has 3 N–H and O–H groups in total. The van der Waals surface area contributed by atoms with Crippen molar-refractivity contribution in [3.63, 3.8) is 0 Å². The number of Topliss-reactive ketones (excluding diaryl/α,β-unsaturated/α-hetero) is 1. The molecule has 37 heavy (non-hydrogen) atoms. The highest BCUT2D eigenvalue weighted by Crippen LogP contribution is 2.62. The number of esters is 1. The fraction of sp³-hybridized carbons (Fsp3) is 0.500. The molecule has 1 saturated heterocycles. The van der Waals surface area contributed by atoms with E-state index in [-0.39, 0.29) is 17.9 Å². The zero-order valence-electron chi connectivity index (χ0n) is 21.7. The second kappa shape index (κ2) is 8.77. The van der Waals surface area contributed by atoms with Crippen LogP contribution in [0.4, 0.5) is 0 Å². The number of ketones is 1. The van der Waals surface area contributed by atoms with Gasteiger partial charge in [0.1, 0.15) is 11.5 Å². The van der Waals surface area contributed by atoms with E-state index in [9.17, 15) is 24.6 Å². The maximum absolute atomic E-state index is 14.1. The minimum Gasteiger partial charge on any atom is -0.461 e. The Morgan fingerprint density at radius 1 is 1.22 bits per heavy atom. The average Bonchev–Trinajstić information content (AvgIpc) is 3.12. The van der Waals surface area contributed by atoms with Crippen molar-refractivity contribution >= 4 is 17.7 Å². The van der Waals surface area contributed by atoms with Crippen molar-refractivity contribution in [2.45, 2.75) is 64.4 Å². The minimum atomic E-state index is -2.01. The van der Waals surface area contributed by atoms with Gasteiger partial charge >= 0.3 is 5.97 Å². The average molecular weight is 506 g/mol. The lowest BCUT2D eigenvalue weighted by molar-refractivity contribution is -0.210. The van der Waals surface area contributed by atoms with Crippen molar-refractivity contribution in [3.05, 3.63) is 71.3 Å². The molecule has 1 amide bonds. The van der Waals surface area contributed by atoms with Crippen LogP contribution in [0, 0.1) is 29.1 Å². The van der Waals surface area contributed by atoms with Gasteiger partial charge in [-0.3, -0.25) is 14.4 Å². The summed E-state index contributed by atoms with van der Waals surface area (Å²) in [6.07, 6.45) is 2.29. The molecule has 7 nitrogen and oxygen atoms in total. The lowest BCUT2D eigenvalue weighted by Gasteiger charge is -2.57. The molecule has 196 valence electrons. The maximum atomic E-state index is 14.1. The Kier molecular flexibility index (Phi) is 6.07. The maximum Gasteiger partial charge on any atom is 0.302 e. The number of hydrogen-bond donors (Lipinski definition) is 3. The first-order chi connectivity index (χ1) is 17.4. The summed E-state index contributed by atoms with van der Waals surface area (Å²) < 4.78 is 5.97. The van der Waals surface area contributed by atoms with Gasteiger partial charge < -0.3 is 20.3 Å². The summed E-state index contributed by atoms with van der Waals surface area (Å²) in [5, 5.41) is 26.2. The van der Waals surface area contributed by atoms with Crippen LogP contribution in [-0.2, 0) is 25.5 Å². The number of fused-ring (bicyclic) bond motifs is 1. The van der Waals surface area contributed by atoms with Gasteiger partial charge in [0.05, 0.1) is 6.10 Å². The molecule has 1 heterocycles. The second-order valence-electron chi connectivity index (χ2n) is 11.3. The Bertz CT molecular complexity index is 1230. The summed E-state index contributed by atoms with van der Waals surface area (Å²) in [6.45, 7) is 10.6. The minimum absolute atomic E-state index is 0.295. The summed E-state index contributed by atoms with van der Waals surface area (Å²) >= 11 is 0. The predicted molar refractivity (Wildman–Crippen MR) is 137 cm³/mol. The first-order valence-electron chi connectivity index (χ1n) is 13.0. The second-order valence-corrected chi connectivity index (χ2v) is 11.3. The van der Waals surface area contributed by atoms with Crippen LogP contribution in [0.25, 0.3) is 0 Å². The van der Waals surface area contributed by atoms with E-state index >= 15 is 0 Å². The summed E-state index contributed by atoms with van der Waals surface area (Å²) in [7, 11) is 0. The van der Waals surface area contributed by atoms with Gasteiger partial charge in [-0.25, -0.2) is 0 Å². The largest absolute Gasteiger partial charge is 0.461 e. The van der Waals surface area contributed by atoms with Crippen molar-refractivity contribution in [2.24, 2.45) is 29.1 Å². The number of hydrogen-bond acceptors (Lipinski definition) is 6. The van der Waals surface area contributed by atoms with Gasteiger partial charge in [0.25, 0.3) is 0 Å². The van der Waals surface area contributed by atoms with Crippen molar-refractivity contribution in [2.75, 3.05) is 0 Å². The van der Waals surface area contributed by atoms with Crippen LogP contribution in [0.15, 0.2) is 65.8 Å². The lowest BCUT2D eigenvalue weighted by Crippen LogP contribution is -2.68. The standard InChI is InChI=1S/C30H35NO6/c1-15-11-22-14-21-12-16(2)30(36,18(4)32)26(34)24(21)27(37-19(5)33)29(22)25(17(15)3)23(31-28(29)35)13-20-9-7-6-8-10-20/h6-11,14,16,21,23-27,34,36H,3,12-13H2,1-2,4-5H3,(H,31,35)/t16-,21-,23-,24-,25-,26+,27+,29-,30+/m0/s1. The van der Waals surface area contributed by atoms with Crippen LogP contribution < -0.4 is 5.32 Å². The molecule has 1 aliphatic heterocycles. The summed E-state index contributed by atoms with van der Waals surface area (Å²) in [5.74, 6) is -3.54. The Balaban J connectivity index is 1.71. The fourth-order valence-corrected chi connectivity index (χ4v) is 7.62. The molecule has 9 atom stereocenters. The number of aliphatic hydroxyl groups excluding tert-OH is 1. The van der Waals surface area contributed by atoms with E-state index in [1.807, 2.05) is 49.4 Å². The van der Waals surface area contributed by atoms with E-state index in [1.165, 1.54) is 13.8 Å². The first-order valence-corrected chi connectivity index (χ1v) is 13.0. The third-order valence-corrected chi connectivity index (χ3v) is 9.35. The highest BCUT2D eigenvalue weighted by atomic mass is 16.5. The first kappa shape index (κ1) is 25.6. The summed E-state index contributed by atoms with van der Waals surface area (Å²) in [4.78, 5) is 39.3. The summed E-state index contributed by atoms with van der Waals surface area (Å²) in [5.41, 5.74) is 0.176. The number of benzene rings is 1. The van der Waals surface area contributed by atoms with E-state index < -0.39 is 52.7 Å². The van der Waals surface area contributed by atoms with E-state index in [4.69, 9.17) is 4.74 Å². The van der Waals surface area contributed by atoms with Crippen molar-refractivity contribution in [1.82, 2.24) is 5.32 Å². The van der Waals surface area contributed by atoms with Crippen LogP contribution in [0.1, 0.15) is 39.7 Å². The molecule has 5 rings (SSSR count). The molecule has 0 radical (unpaired) electrons. The number of carbonyl (C=O) groups excluding carboxylic acids is 3. The molecule has 0 unspecified atom stereocenters.